The second kappa shape index (κ2) is 9.05. The summed E-state index contributed by atoms with van der Waals surface area (Å²) in [5, 5.41) is 0. The highest BCUT2D eigenvalue weighted by Crippen LogP contribution is 2.37. The van der Waals surface area contributed by atoms with E-state index in [1.807, 2.05) is 67.6 Å². The molecule has 0 aromatic heterocycles. The van der Waals surface area contributed by atoms with Crippen LogP contribution in [0.3, 0.4) is 0 Å². The lowest BCUT2D eigenvalue weighted by Crippen LogP contribution is -2.00. The van der Waals surface area contributed by atoms with E-state index in [1.165, 1.54) is 5.56 Å². The fraction of sp³-hybridized carbons (Fsp3) is 0.179. The maximum atomic E-state index is 12.9. The highest BCUT2D eigenvalue weighted by molar-refractivity contribution is 6.15. The third kappa shape index (κ3) is 4.77. The number of ether oxygens (including phenoxy) is 2. The van der Waals surface area contributed by atoms with E-state index in [1.54, 1.807) is 12.1 Å². The van der Waals surface area contributed by atoms with Crippen LogP contribution in [-0.2, 0) is 0 Å². The lowest BCUT2D eigenvalue weighted by Gasteiger charge is -2.07. The molecule has 0 bridgehead atoms. The third-order valence-electron chi connectivity index (χ3n) is 5.30. The van der Waals surface area contributed by atoms with Crippen molar-refractivity contribution in [3.05, 3.63) is 106 Å². The molecule has 1 aliphatic heterocycles. The number of hydrogen-bond donors (Lipinski definition) is 0. The van der Waals surface area contributed by atoms with Gasteiger partial charge in [-0.25, -0.2) is 0 Å². The van der Waals surface area contributed by atoms with Crippen LogP contribution in [0.25, 0.3) is 12.2 Å². The monoisotopic (exact) mass is 410 g/mol. The van der Waals surface area contributed by atoms with Crippen LogP contribution in [-0.4, -0.2) is 12.4 Å². The van der Waals surface area contributed by atoms with E-state index >= 15 is 0 Å². The van der Waals surface area contributed by atoms with Crippen molar-refractivity contribution in [3.63, 3.8) is 0 Å². The quantitative estimate of drug-likeness (QED) is 0.418. The Morgan fingerprint density at radius 3 is 2.42 bits per heavy atom. The smallest absolute Gasteiger partial charge is 0.232 e. The molecule has 4 rings (SSSR count). The molecule has 0 atom stereocenters. The van der Waals surface area contributed by atoms with E-state index < -0.39 is 0 Å². The SMILES string of the molecule is Cc1cc(OC/C=C/c2ccccc2)cc2c1C(=O)/C(=C/c1ccc(C(C)C)cc1)O2. The fourth-order valence-electron chi connectivity index (χ4n) is 3.58. The van der Waals surface area contributed by atoms with Gasteiger partial charge in [0.15, 0.2) is 5.76 Å². The lowest BCUT2D eigenvalue weighted by molar-refractivity contribution is 0.101. The van der Waals surface area contributed by atoms with Crippen LogP contribution < -0.4 is 9.47 Å². The minimum Gasteiger partial charge on any atom is -0.489 e. The van der Waals surface area contributed by atoms with Crippen LogP contribution in [0.15, 0.2) is 78.6 Å². The summed E-state index contributed by atoms with van der Waals surface area (Å²) in [5.74, 6) is 1.97. The molecule has 31 heavy (non-hydrogen) atoms. The van der Waals surface area contributed by atoms with Crippen molar-refractivity contribution >= 4 is 17.9 Å². The molecule has 0 N–H and O–H groups in total. The Labute approximate surface area is 183 Å². The van der Waals surface area contributed by atoms with E-state index in [0.29, 0.717) is 35.3 Å². The minimum absolute atomic E-state index is 0.0871. The van der Waals surface area contributed by atoms with E-state index in [4.69, 9.17) is 9.47 Å². The average Bonchev–Trinajstić information content (AvgIpc) is 3.08. The van der Waals surface area contributed by atoms with Gasteiger partial charge in [0.1, 0.15) is 18.1 Å². The first-order valence-electron chi connectivity index (χ1n) is 10.5. The van der Waals surface area contributed by atoms with Crippen molar-refractivity contribution < 1.29 is 14.3 Å². The first-order valence-corrected chi connectivity index (χ1v) is 10.5. The topological polar surface area (TPSA) is 35.5 Å². The lowest BCUT2D eigenvalue weighted by atomic mass is 10.0. The van der Waals surface area contributed by atoms with Gasteiger partial charge in [-0.15, -0.1) is 0 Å². The largest absolute Gasteiger partial charge is 0.489 e. The summed E-state index contributed by atoms with van der Waals surface area (Å²) >= 11 is 0. The van der Waals surface area contributed by atoms with Gasteiger partial charge in [0.25, 0.3) is 0 Å². The van der Waals surface area contributed by atoms with Crippen molar-refractivity contribution in [3.8, 4) is 11.5 Å². The van der Waals surface area contributed by atoms with Crippen molar-refractivity contribution in [1.82, 2.24) is 0 Å². The molecule has 0 spiro atoms. The maximum absolute atomic E-state index is 12.9. The molecule has 0 saturated carbocycles. The normalized spacial score (nSPS) is 14.3. The predicted octanol–water partition coefficient (Wildman–Crippen LogP) is 6.83. The van der Waals surface area contributed by atoms with Crippen molar-refractivity contribution in [2.24, 2.45) is 0 Å². The molecule has 0 radical (unpaired) electrons. The van der Waals surface area contributed by atoms with Crippen LogP contribution in [0.1, 0.15) is 52.4 Å². The Balaban J connectivity index is 1.47. The molecule has 0 amide bonds. The molecule has 0 unspecified atom stereocenters. The standard InChI is InChI=1S/C28H26O3/c1-19(2)23-13-11-22(12-14-23)17-26-28(29)27-20(3)16-24(18-25(27)31-26)30-15-7-10-21-8-5-4-6-9-21/h4-14,16-19H,15H2,1-3H3/b10-7+,26-17-. The Morgan fingerprint density at radius 2 is 1.71 bits per heavy atom. The minimum atomic E-state index is -0.0871. The van der Waals surface area contributed by atoms with Gasteiger partial charge in [-0.3, -0.25) is 4.79 Å². The van der Waals surface area contributed by atoms with Gasteiger partial charge in [0, 0.05) is 6.07 Å². The van der Waals surface area contributed by atoms with Crippen LogP contribution >= 0.6 is 0 Å². The summed E-state index contributed by atoms with van der Waals surface area (Å²) in [6.45, 7) is 6.67. The average molecular weight is 411 g/mol. The van der Waals surface area contributed by atoms with E-state index in [-0.39, 0.29) is 5.78 Å². The van der Waals surface area contributed by atoms with Gasteiger partial charge < -0.3 is 9.47 Å². The number of Topliss-reactive ketones (excluding diaryl/α,β-unsaturated/α-hetero) is 1. The summed E-state index contributed by atoms with van der Waals surface area (Å²) in [6, 6.07) is 22.0. The molecule has 0 fully saturated rings. The van der Waals surface area contributed by atoms with Gasteiger partial charge in [-0.05, 0) is 53.3 Å². The number of fused-ring (bicyclic) bond motifs is 1. The van der Waals surface area contributed by atoms with Gasteiger partial charge in [0.2, 0.25) is 5.78 Å². The zero-order valence-corrected chi connectivity index (χ0v) is 18.1. The molecular weight excluding hydrogens is 384 g/mol. The van der Waals surface area contributed by atoms with Crippen molar-refractivity contribution in [2.45, 2.75) is 26.7 Å². The number of aryl methyl sites for hydroxylation is 1. The van der Waals surface area contributed by atoms with E-state index in [2.05, 4.69) is 26.0 Å². The van der Waals surface area contributed by atoms with Crippen molar-refractivity contribution in [1.29, 1.82) is 0 Å². The molecule has 3 aromatic carbocycles. The van der Waals surface area contributed by atoms with E-state index in [9.17, 15) is 4.79 Å². The number of carbonyl (C=O) groups is 1. The Hall–Kier alpha value is -3.59. The number of allylic oxidation sites excluding steroid dienone is 1. The molecule has 3 aromatic rings. The summed E-state index contributed by atoms with van der Waals surface area (Å²) in [6.07, 6.45) is 5.79. The number of benzene rings is 3. The number of rotatable bonds is 6. The fourth-order valence-corrected chi connectivity index (χ4v) is 3.58. The summed E-state index contributed by atoms with van der Waals surface area (Å²) < 4.78 is 11.8. The van der Waals surface area contributed by atoms with E-state index in [0.717, 1.165) is 16.7 Å². The molecule has 0 saturated heterocycles. The molecule has 156 valence electrons. The van der Waals surface area contributed by atoms with Crippen LogP contribution in [0.5, 0.6) is 11.5 Å². The number of ketones is 1. The second-order valence-corrected chi connectivity index (χ2v) is 8.00. The Kier molecular flexibility index (Phi) is 6.03. The molecule has 1 heterocycles. The number of carbonyl (C=O) groups excluding carboxylic acids is 1. The molecular formula is C28H26O3. The molecule has 0 aliphatic carbocycles. The Bertz CT molecular complexity index is 1140. The Morgan fingerprint density at radius 1 is 0.968 bits per heavy atom. The van der Waals surface area contributed by atoms with Crippen LogP contribution in [0.4, 0.5) is 0 Å². The summed E-state index contributed by atoms with van der Waals surface area (Å²) in [4.78, 5) is 12.9. The maximum Gasteiger partial charge on any atom is 0.232 e. The zero-order valence-electron chi connectivity index (χ0n) is 18.1. The summed E-state index contributed by atoms with van der Waals surface area (Å²) in [7, 11) is 0. The van der Waals surface area contributed by atoms with Gasteiger partial charge in [-0.2, -0.15) is 0 Å². The molecule has 3 nitrogen and oxygen atoms in total. The van der Waals surface area contributed by atoms with Gasteiger partial charge in [0.05, 0.1) is 5.56 Å². The van der Waals surface area contributed by atoms with Gasteiger partial charge >= 0.3 is 0 Å². The number of hydrogen-bond acceptors (Lipinski definition) is 3. The van der Waals surface area contributed by atoms with Crippen molar-refractivity contribution in [2.75, 3.05) is 6.61 Å². The first-order chi connectivity index (χ1) is 15.0. The first kappa shape index (κ1) is 20.7. The third-order valence-corrected chi connectivity index (χ3v) is 5.30. The second-order valence-electron chi connectivity index (χ2n) is 8.00. The highest BCUT2D eigenvalue weighted by atomic mass is 16.5. The molecule has 1 aliphatic rings. The van der Waals surface area contributed by atoms with Crippen LogP contribution in [0, 0.1) is 6.92 Å². The van der Waals surface area contributed by atoms with Crippen LogP contribution in [0.2, 0.25) is 0 Å². The van der Waals surface area contributed by atoms with Gasteiger partial charge in [-0.1, -0.05) is 74.5 Å². The molecule has 3 heteroatoms. The summed E-state index contributed by atoms with van der Waals surface area (Å²) in [5.41, 5.74) is 4.80. The highest BCUT2D eigenvalue weighted by Gasteiger charge is 2.30. The predicted molar refractivity (Wildman–Crippen MR) is 126 cm³/mol. The zero-order chi connectivity index (χ0) is 21.8.